The van der Waals surface area contributed by atoms with Crippen LogP contribution in [0.1, 0.15) is 25.5 Å². The van der Waals surface area contributed by atoms with Gasteiger partial charge < -0.3 is 10.0 Å². The molecule has 2 rings (SSSR count). The van der Waals surface area contributed by atoms with E-state index in [4.69, 9.17) is 0 Å². The standard InChI is InChI=1S/C14H20N2O4S/c1-11(17)13-3-5-14(6-4-13)21(19,20)16-9-7-15(8-10-16)12(2)18/h3-6,11,17H,7-10H2,1-2H3. The Bertz CT molecular complexity index is 602. The molecule has 1 aliphatic rings. The first-order valence-corrected chi connectivity index (χ1v) is 8.30. The molecule has 1 unspecified atom stereocenters. The number of carbonyl (C=O) groups is 1. The van der Waals surface area contributed by atoms with Crippen molar-refractivity contribution in [3.05, 3.63) is 29.8 Å². The first-order chi connectivity index (χ1) is 9.82. The highest BCUT2D eigenvalue weighted by atomic mass is 32.2. The van der Waals surface area contributed by atoms with E-state index in [-0.39, 0.29) is 10.8 Å². The second kappa shape index (κ2) is 6.13. The minimum absolute atomic E-state index is 0.0339. The Labute approximate surface area is 125 Å². The first kappa shape index (κ1) is 15.9. The van der Waals surface area contributed by atoms with Gasteiger partial charge in [-0.25, -0.2) is 8.42 Å². The quantitative estimate of drug-likeness (QED) is 0.886. The van der Waals surface area contributed by atoms with Gasteiger partial charge in [-0.3, -0.25) is 4.79 Å². The maximum absolute atomic E-state index is 12.5. The summed E-state index contributed by atoms with van der Waals surface area (Å²) in [6.45, 7) is 4.56. The average molecular weight is 312 g/mol. The highest BCUT2D eigenvalue weighted by Gasteiger charge is 2.29. The Morgan fingerprint density at radius 3 is 2.10 bits per heavy atom. The second-order valence-corrected chi connectivity index (χ2v) is 7.09. The number of hydrogen-bond acceptors (Lipinski definition) is 4. The largest absolute Gasteiger partial charge is 0.389 e. The predicted octanol–water partition coefficient (Wildman–Crippen LogP) is 0.593. The van der Waals surface area contributed by atoms with E-state index in [0.29, 0.717) is 31.7 Å². The third kappa shape index (κ3) is 3.42. The normalized spacial score (nSPS) is 18.5. The lowest BCUT2D eigenvalue weighted by atomic mass is 10.1. The lowest BCUT2D eigenvalue weighted by Crippen LogP contribution is -2.49. The maximum Gasteiger partial charge on any atom is 0.243 e. The van der Waals surface area contributed by atoms with E-state index in [1.165, 1.54) is 23.4 Å². The molecule has 0 aromatic heterocycles. The summed E-state index contributed by atoms with van der Waals surface area (Å²) in [4.78, 5) is 13.1. The summed E-state index contributed by atoms with van der Waals surface area (Å²) >= 11 is 0. The molecule has 1 fully saturated rings. The van der Waals surface area contributed by atoms with Gasteiger partial charge in [-0.2, -0.15) is 4.31 Å². The van der Waals surface area contributed by atoms with Crippen molar-refractivity contribution in [3.8, 4) is 0 Å². The fourth-order valence-electron chi connectivity index (χ4n) is 2.31. The van der Waals surface area contributed by atoms with Gasteiger partial charge in [0.2, 0.25) is 15.9 Å². The van der Waals surface area contributed by atoms with E-state index in [1.807, 2.05) is 0 Å². The van der Waals surface area contributed by atoms with Crippen LogP contribution in [-0.2, 0) is 14.8 Å². The summed E-state index contributed by atoms with van der Waals surface area (Å²) in [7, 11) is -3.54. The summed E-state index contributed by atoms with van der Waals surface area (Å²) in [5.74, 6) is -0.0339. The molecule has 116 valence electrons. The van der Waals surface area contributed by atoms with Gasteiger partial charge in [0.1, 0.15) is 0 Å². The molecule has 1 aromatic carbocycles. The average Bonchev–Trinajstić information content (AvgIpc) is 2.47. The number of sulfonamides is 1. The monoisotopic (exact) mass is 312 g/mol. The smallest absolute Gasteiger partial charge is 0.243 e. The summed E-state index contributed by atoms with van der Waals surface area (Å²) in [5, 5.41) is 9.45. The molecule has 0 radical (unpaired) electrons. The number of aliphatic hydroxyl groups is 1. The highest BCUT2D eigenvalue weighted by Crippen LogP contribution is 2.20. The van der Waals surface area contributed by atoms with Crippen molar-refractivity contribution in [2.45, 2.75) is 24.8 Å². The zero-order chi connectivity index (χ0) is 15.6. The van der Waals surface area contributed by atoms with Crippen molar-refractivity contribution in [1.29, 1.82) is 0 Å². The van der Waals surface area contributed by atoms with Crippen LogP contribution in [0.3, 0.4) is 0 Å². The van der Waals surface area contributed by atoms with Gasteiger partial charge in [-0.15, -0.1) is 0 Å². The van der Waals surface area contributed by atoms with Crippen LogP contribution in [0, 0.1) is 0 Å². The Morgan fingerprint density at radius 2 is 1.67 bits per heavy atom. The maximum atomic E-state index is 12.5. The number of hydrogen-bond donors (Lipinski definition) is 1. The molecule has 1 saturated heterocycles. The number of benzene rings is 1. The van der Waals surface area contributed by atoms with E-state index in [1.54, 1.807) is 24.0 Å². The molecule has 1 atom stereocenters. The molecule has 1 aliphatic heterocycles. The van der Waals surface area contributed by atoms with Crippen LogP contribution in [0.25, 0.3) is 0 Å². The molecular weight excluding hydrogens is 292 g/mol. The van der Waals surface area contributed by atoms with Crippen LogP contribution in [0.5, 0.6) is 0 Å². The minimum atomic E-state index is -3.54. The van der Waals surface area contributed by atoms with Crippen LogP contribution in [0.4, 0.5) is 0 Å². The molecule has 1 amide bonds. The lowest BCUT2D eigenvalue weighted by molar-refractivity contribution is -0.129. The summed E-state index contributed by atoms with van der Waals surface area (Å²) < 4.78 is 26.4. The van der Waals surface area contributed by atoms with Crippen LogP contribution in [0.15, 0.2) is 29.2 Å². The van der Waals surface area contributed by atoms with Gasteiger partial charge >= 0.3 is 0 Å². The predicted molar refractivity (Wildman–Crippen MR) is 78.1 cm³/mol. The SMILES string of the molecule is CC(=O)N1CCN(S(=O)(=O)c2ccc(C(C)O)cc2)CC1. The summed E-state index contributed by atoms with van der Waals surface area (Å²) in [6.07, 6.45) is -0.624. The molecule has 1 N–H and O–H groups in total. The molecule has 7 heteroatoms. The van der Waals surface area contributed by atoms with Crippen LogP contribution >= 0.6 is 0 Å². The molecule has 0 bridgehead atoms. The summed E-state index contributed by atoms with van der Waals surface area (Å²) in [6, 6.07) is 6.25. The van der Waals surface area contributed by atoms with Crippen LogP contribution in [-0.4, -0.2) is 54.8 Å². The van der Waals surface area contributed by atoms with Gasteiger partial charge in [0.25, 0.3) is 0 Å². The molecular formula is C14H20N2O4S. The van der Waals surface area contributed by atoms with E-state index >= 15 is 0 Å². The fourth-order valence-corrected chi connectivity index (χ4v) is 3.73. The Balaban J connectivity index is 2.13. The van der Waals surface area contributed by atoms with Crippen molar-refractivity contribution < 1.29 is 18.3 Å². The number of piperazine rings is 1. The highest BCUT2D eigenvalue weighted by molar-refractivity contribution is 7.89. The summed E-state index contributed by atoms with van der Waals surface area (Å²) in [5.41, 5.74) is 0.676. The zero-order valence-corrected chi connectivity index (χ0v) is 13.0. The first-order valence-electron chi connectivity index (χ1n) is 6.86. The lowest BCUT2D eigenvalue weighted by Gasteiger charge is -2.33. The van der Waals surface area contributed by atoms with Gasteiger partial charge in [0.05, 0.1) is 11.0 Å². The molecule has 0 saturated carbocycles. The van der Waals surface area contributed by atoms with Crippen molar-refractivity contribution >= 4 is 15.9 Å². The molecule has 1 aromatic rings. The number of rotatable bonds is 3. The van der Waals surface area contributed by atoms with E-state index in [0.717, 1.165) is 0 Å². The Morgan fingerprint density at radius 1 is 1.14 bits per heavy atom. The fraction of sp³-hybridized carbons (Fsp3) is 0.500. The van der Waals surface area contributed by atoms with Crippen molar-refractivity contribution in [3.63, 3.8) is 0 Å². The molecule has 6 nitrogen and oxygen atoms in total. The third-order valence-electron chi connectivity index (χ3n) is 3.68. The number of carbonyl (C=O) groups excluding carboxylic acids is 1. The molecule has 0 spiro atoms. The van der Waals surface area contributed by atoms with Crippen LogP contribution in [0.2, 0.25) is 0 Å². The Hall–Kier alpha value is -1.44. The van der Waals surface area contributed by atoms with Crippen molar-refractivity contribution in [1.82, 2.24) is 9.21 Å². The van der Waals surface area contributed by atoms with Gasteiger partial charge in [-0.05, 0) is 24.6 Å². The zero-order valence-electron chi connectivity index (χ0n) is 12.2. The van der Waals surface area contributed by atoms with Gasteiger partial charge in [-0.1, -0.05) is 12.1 Å². The number of aliphatic hydroxyl groups excluding tert-OH is 1. The Kier molecular flexibility index (Phi) is 4.65. The van der Waals surface area contributed by atoms with Crippen molar-refractivity contribution in [2.24, 2.45) is 0 Å². The van der Waals surface area contributed by atoms with Gasteiger partial charge in [0.15, 0.2) is 0 Å². The third-order valence-corrected chi connectivity index (χ3v) is 5.60. The minimum Gasteiger partial charge on any atom is -0.389 e. The van der Waals surface area contributed by atoms with E-state index in [2.05, 4.69) is 0 Å². The van der Waals surface area contributed by atoms with E-state index in [9.17, 15) is 18.3 Å². The van der Waals surface area contributed by atoms with Gasteiger partial charge in [0, 0.05) is 33.1 Å². The molecule has 21 heavy (non-hydrogen) atoms. The molecule has 1 heterocycles. The number of amides is 1. The van der Waals surface area contributed by atoms with Crippen molar-refractivity contribution in [2.75, 3.05) is 26.2 Å². The molecule has 0 aliphatic carbocycles. The van der Waals surface area contributed by atoms with E-state index < -0.39 is 16.1 Å². The van der Waals surface area contributed by atoms with Crippen LogP contribution < -0.4 is 0 Å². The number of nitrogens with zero attached hydrogens (tertiary/aromatic N) is 2. The topological polar surface area (TPSA) is 77.9 Å². The second-order valence-electron chi connectivity index (χ2n) is 5.16.